The third-order valence-electron chi connectivity index (χ3n) is 2.44. The van der Waals surface area contributed by atoms with Gasteiger partial charge in [0.2, 0.25) is 0 Å². The fourth-order valence-electron chi connectivity index (χ4n) is 1.59. The van der Waals surface area contributed by atoms with Crippen LogP contribution in [-0.4, -0.2) is 15.7 Å². The number of carbonyl (C=O) groups excluding carboxylic acids is 1. The monoisotopic (exact) mass is 264 g/mol. The highest BCUT2D eigenvalue weighted by Gasteiger charge is 2.15. The molecule has 0 saturated heterocycles. The fourth-order valence-corrected chi connectivity index (χ4v) is 1.87. The maximum absolute atomic E-state index is 12.0. The zero-order valence-electron chi connectivity index (χ0n) is 10.1. The van der Waals surface area contributed by atoms with E-state index in [1.807, 2.05) is 13.0 Å². The van der Waals surface area contributed by atoms with Crippen LogP contribution in [0.2, 0.25) is 5.02 Å². The maximum Gasteiger partial charge on any atom is 0.278 e. The van der Waals surface area contributed by atoms with Gasteiger partial charge < -0.3 is 11.1 Å². The number of hydrogen-bond acceptors (Lipinski definition) is 3. The summed E-state index contributed by atoms with van der Waals surface area (Å²) in [5.74, 6) is -0.376. The number of nitrogen functional groups attached to an aromatic ring is 1. The van der Waals surface area contributed by atoms with Gasteiger partial charge in [-0.1, -0.05) is 17.7 Å². The quantitative estimate of drug-likeness (QED) is 0.873. The zero-order valence-corrected chi connectivity index (χ0v) is 10.8. The van der Waals surface area contributed by atoms with Gasteiger partial charge in [-0.3, -0.25) is 9.48 Å². The molecule has 1 heterocycles. The lowest BCUT2D eigenvalue weighted by atomic mass is 10.2. The number of rotatable bonds is 2. The molecule has 94 valence electrons. The lowest BCUT2D eigenvalue weighted by Crippen LogP contribution is -2.14. The van der Waals surface area contributed by atoms with Gasteiger partial charge in [0.15, 0.2) is 5.69 Å². The summed E-state index contributed by atoms with van der Waals surface area (Å²) in [5.41, 5.74) is 7.76. The molecule has 0 aliphatic heterocycles. The highest BCUT2D eigenvalue weighted by Crippen LogP contribution is 2.23. The summed E-state index contributed by atoms with van der Waals surface area (Å²) >= 11 is 6.03. The largest absolute Gasteiger partial charge is 0.396 e. The number of nitrogens with one attached hydrogen (secondary N) is 1. The standard InChI is InChI=1S/C12H13ClN4O/c1-7-3-4-10(8(13)5-7)15-12(18)11-9(14)6-17(2)16-11/h3-6H,14H2,1-2H3,(H,15,18). The van der Waals surface area contributed by atoms with Crippen LogP contribution in [0, 0.1) is 6.92 Å². The summed E-state index contributed by atoms with van der Waals surface area (Å²) in [5, 5.41) is 7.16. The Morgan fingerprint density at radius 1 is 1.50 bits per heavy atom. The number of benzene rings is 1. The molecule has 0 bridgehead atoms. The van der Waals surface area contributed by atoms with Crippen molar-refractivity contribution in [1.29, 1.82) is 0 Å². The topological polar surface area (TPSA) is 72.9 Å². The predicted molar refractivity (Wildman–Crippen MR) is 71.8 cm³/mol. The Morgan fingerprint density at radius 3 is 2.78 bits per heavy atom. The Hall–Kier alpha value is -2.01. The number of aryl methyl sites for hydroxylation is 2. The number of halogens is 1. The van der Waals surface area contributed by atoms with Crippen molar-refractivity contribution in [2.45, 2.75) is 6.92 Å². The van der Waals surface area contributed by atoms with Crippen molar-refractivity contribution in [2.75, 3.05) is 11.1 Å². The molecule has 0 saturated carbocycles. The molecular weight excluding hydrogens is 252 g/mol. The number of carbonyl (C=O) groups is 1. The van der Waals surface area contributed by atoms with E-state index in [1.54, 1.807) is 25.4 Å². The van der Waals surface area contributed by atoms with E-state index in [4.69, 9.17) is 17.3 Å². The van der Waals surface area contributed by atoms with E-state index >= 15 is 0 Å². The van der Waals surface area contributed by atoms with Gasteiger partial charge >= 0.3 is 0 Å². The molecule has 3 N–H and O–H groups in total. The van der Waals surface area contributed by atoms with Gasteiger partial charge in [0.1, 0.15) is 0 Å². The van der Waals surface area contributed by atoms with Crippen LogP contribution >= 0.6 is 11.6 Å². The molecule has 0 atom stereocenters. The number of aromatic nitrogens is 2. The molecule has 6 heteroatoms. The number of nitrogens with two attached hydrogens (primary N) is 1. The first-order valence-corrected chi connectivity index (χ1v) is 5.72. The summed E-state index contributed by atoms with van der Waals surface area (Å²) in [7, 11) is 1.70. The van der Waals surface area contributed by atoms with Crippen molar-refractivity contribution in [3.8, 4) is 0 Å². The van der Waals surface area contributed by atoms with E-state index in [0.717, 1.165) is 5.56 Å². The number of amides is 1. The maximum atomic E-state index is 12.0. The van der Waals surface area contributed by atoms with Crippen LogP contribution in [0.25, 0.3) is 0 Å². The molecule has 5 nitrogen and oxygen atoms in total. The molecule has 1 aromatic carbocycles. The van der Waals surface area contributed by atoms with Gasteiger partial charge in [-0.25, -0.2) is 0 Å². The van der Waals surface area contributed by atoms with Crippen molar-refractivity contribution in [3.63, 3.8) is 0 Å². The first-order valence-electron chi connectivity index (χ1n) is 5.34. The van der Waals surface area contributed by atoms with Crippen LogP contribution in [0.3, 0.4) is 0 Å². The SMILES string of the molecule is Cc1ccc(NC(=O)c2nn(C)cc2N)c(Cl)c1. The minimum absolute atomic E-state index is 0.189. The van der Waals surface area contributed by atoms with Gasteiger partial charge in [0, 0.05) is 13.2 Å². The Morgan fingerprint density at radius 2 is 2.22 bits per heavy atom. The van der Waals surface area contributed by atoms with Crippen molar-refractivity contribution in [1.82, 2.24) is 9.78 Å². The predicted octanol–water partition coefficient (Wildman–Crippen LogP) is 2.22. The molecule has 0 fully saturated rings. The molecule has 0 radical (unpaired) electrons. The van der Waals surface area contributed by atoms with Gasteiger partial charge in [-0.15, -0.1) is 0 Å². The third-order valence-corrected chi connectivity index (χ3v) is 2.76. The fraction of sp³-hybridized carbons (Fsp3) is 0.167. The molecule has 0 aliphatic rings. The average molecular weight is 265 g/mol. The first kappa shape index (κ1) is 12.4. The second kappa shape index (κ2) is 4.70. The normalized spacial score (nSPS) is 10.4. The molecule has 18 heavy (non-hydrogen) atoms. The van der Waals surface area contributed by atoms with E-state index in [1.165, 1.54) is 4.68 Å². The van der Waals surface area contributed by atoms with Crippen LogP contribution in [0.5, 0.6) is 0 Å². The smallest absolute Gasteiger partial charge is 0.278 e. The highest BCUT2D eigenvalue weighted by molar-refractivity contribution is 6.34. The van der Waals surface area contributed by atoms with Gasteiger partial charge in [-0.2, -0.15) is 5.10 Å². The molecular formula is C12H13ClN4O. The van der Waals surface area contributed by atoms with Crippen LogP contribution in [0.15, 0.2) is 24.4 Å². The summed E-state index contributed by atoms with van der Waals surface area (Å²) in [4.78, 5) is 12.0. The molecule has 2 rings (SSSR count). The van der Waals surface area contributed by atoms with Crippen LogP contribution in [0.1, 0.15) is 16.1 Å². The lowest BCUT2D eigenvalue weighted by molar-refractivity contribution is 0.102. The van der Waals surface area contributed by atoms with E-state index in [0.29, 0.717) is 16.4 Å². The Kier molecular flexibility index (Phi) is 3.25. The lowest BCUT2D eigenvalue weighted by Gasteiger charge is -2.06. The van der Waals surface area contributed by atoms with Crippen LogP contribution in [-0.2, 0) is 7.05 Å². The Bertz CT molecular complexity index is 606. The number of anilines is 2. The second-order valence-corrected chi connectivity index (χ2v) is 4.45. The summed E-state index contributed by atoms with van der Waals surface area (Å²) in [6, 6.07) is 5.39. The van der Waals surface area contributed by atoms with Crippen molar-refractivity contribution < 1.29 is 4.79 Å². The number of nitrogens with zero attached hydrogens (tertiary/aromatic N) is 2. The zero-order chi connectivity index (χ0) is 13.3. The minimum atomic E-state index is -0.376. The first-order chi connectivity index (χ1) is 8.47. The Labute approximate surface area is 110 Å². The van der Waals surface area contributed by atoms with E-state index in [9.17, 15) is 4.79 Å². The minimum Gasteiger partial charge on any atom is -0.396 e. The van der Waals surface area contributed by atoms with Crippen LogP contribution < -0.4 is 11.1 Å². The molecule has 0 aliphatic carbocycles. The van der Waals surface area contributed by atoms with E-state index < -0.39 is 0 Å². The van der Waals surface area contributed by atoms with Crippen molar-refractivity contribution in [3.05, 3.63) is 40.7 Å². The highest BCUT2D eigenvalue weighted by atomic mass is 35.5. The molecule has 0 spiro atoms. The summed E-state index contributed by atoms with van der Waals surface area (Å²) in [6.07, 6.45) is 1.58. The molecule has 0 unspecified atom stereocenters. The van der Waals surface area contributed by atoms with Gasteiger partial charge in [0.25, 0.3) is 5.91 Å². The van der Waals surface area contributed by atoms with Gasteiger partial charge in [0.05, 0.1) is 16.4 Å². The molecule has 1 aromatic heterocycles. The van der Waals surface area contributed by atoms with E-state index in [2.05, 4.69) is 10.4 Å². The molecule has 1 amide bonds. The average Bonchev–Trinajstić information content (AvgIpc) is 2.62. The third kappa shape index (κ3) is 2.46. The summed E-state index contributed by atoms with van der Waals surface area (Å²) in [6.45, 7) is 1.92. The second-order valence-electron chi connectivity index (χ2n) is 4.04. The van der Waals surface area contributed by atoms with Crippen molar-refractivity contribution >= 4 is 28.9 Å². The van der Waals surface area contributed by atoms with Crippen molar-refractivity contribution in [2.24, 2.45) is 7.05 Å². The Balaban J connectivity index is 2.24. The summed E-state index contributed by atoms with van der Waals surface area (Å²) < 4.78 is 1.49. The van der Waals surface area contributed by atoms with Crippen LogP contribution in [0.4, 0.5) is 11.4 Å². The number of hydrogen-bond donors (Lipinski definition) is 2. The van der Waals surface area contributed by atoms with Gasteiger partial charge in [-0.05, 0) is 24.6 Å². The van der Waals surface area contributed by atoms with E-state index in [-0.39, 0.29) is 11.6 Å². The molecule has 2 aromatic rings.